The topological polar surface area (TPSA) is 130 Å². The van der Waals surface area contributed by atoms with Crippen LogP contribution in [-0.4, -0.2) is 42.0 Å². The third-order valence-corrected chi connectivity index (χ3v) is 5.28. The van der Waals surface area contributed by atoms with E-state index in [-0.39, 0.29) is 28.0 Å². The highest BCUT2D eigenvalue weighted by Crippen LogP contribution is 2.35. The van der Waals surface area contributed by atoms with Crippen LogP contribution >= 0.6 is 0 Å². The molecule has 0 radical (unpaired) electrons. The number of Topliss-reactive ketones (excluding diaryl/α,β-unsaturated/α-hetero) is 1. The van der Waals surface area contributed by atoms with E-state index in [4.69, 9.17) is 9.47 Å². The maximum atomic E-state index is 13.8. The van der Waals surface area contributed by atoms with Gasteiger partial charge in [-0.2, -0.15) is 0 Å². The van der Waals surface area contributed by atoms with Crippen LogP contribution in [0.1, 0.15) is 52.6 Å². The second-order valence-electron chi connectivity index (χ2n) is 7.19. The Morgan fingerprint density at radius 3 is 2.26 bits per heavy atom. The fourth-order valence-corrected chi connectivity index (χ4v) is 3.66. The molecule has 0 atom stereocenters. The summed E-state index contributed by atoms with van der Waals surface area (Å²) in [7, 11) is 1.25. The minimum atomic E-state index is -1.25. The monoisotopic (exact) mass is 463 g/mol. The Balaban J connectivity index is 1.65. The Kier molecular flexibility index (Phi) is 5.72. The van der Waals surface area contributed by atoms with Gasteiger partial charge in [-0.05, 0) is 30.3 Å². The maximum absolute atomic E-state index is 13.8. The predicted molar refractivity (Wildman–Crippen MR) is 114 cm³/mol. The van der Waals surface area contributed by atoms with E-state index >= 15 is 0 Å². The minimum absolute atomic E-state index is 0.0228. The summed E-state index contributed by atoms with van der Waals surface area (Å²) >= 11 is 0. The average Bonchev–Trinajstić information content (AvgIpc) is 2.84. The molecule has 0 spiro atoms. The number of carbonyl (C=O) groups excluding carboxylic acids is 4. The lowest BCUT2D eigenvalue weighted by Gasteiger charge is -2.18. The summed E-state index contributed by atoms with van der Waals surface area (Å²) in [6.07, 6.45) is 0. The quantitative estimate of drug-likeness (QED) is 0.184. The first-order valence-corrected chi connectivity index (χ1v) is 9.78. The smallest absolute Gasteiger partial charge is 0.345 e. The van der Waals surface area contributed by atoms with Crippen molar-refractivity contribution in [1.82, 2.24) is 0 Å². The molecule has 34 heavy (non-hydrogen) atoms. The number of hydrogen-bond donors (Lipinski definition) is 0. The highest BCUT2D eigenvalue weighted by molar-refractivity contribution is 6.30. The second-order valence-corrected chi connectivity index (χ2v) is 7.19. The number of hydrogen-bond acceptors (Lipinski definition) is 8. The molecule has 0 aliphatic heterocycles. The summed E-state index contributed by atoms with van der Waals surface area (Å²) in [5.41, 5.74) is -2.25. The Labute approximate surface area is 190 Å². The summed E-state index contributed by atoms with van der Waals surface area (Å²) < 4.78 is 23.5. The van der Waals surface area contributed by atoms with Crippen molar-refractivity contribution in [1.29, 1.82) is 0 Å². The number of benzene rings is 3. The molecule has 1 aliphatic carbocycles. The molecule has 3 aromatic carbocycles. The van der Waals surface area contributed by atoms with Gasteiger partial charge in [0.2, 0.25) is 5.78 Å². The minimum Gasteiger partial charge on any atom is -0.494 e. The fraction of sp³-hybridized carbons (Fsp3) is 0.0833. The molecule has 0 amide bonds. The third-order valence-electron chi connectivity index (χ3n) is 5.28. The Bertz CT molecular complexity index is 1410. The molecule has 0 unspecified atom stereocenters. The lowest BCUT2D eigenvalue weighted by atomic mass is 9.82. The van der Waals surface area contributed by atoms with E-state index < -0.39 is 57.5 Å². The van der Waals surface area contributed by atoms with E-state index in [0.29, 0.717) is 0 Å². The largest absolute Gasteiger partial charge is 0.494 e. The number of ketones is 3. The van der Waals surface area contributed by atoms with Gasteiger partial charge in [-0.25, -0.2) is 9.18 Å². The number of nitro benzene ring substituents is 1. The number of nitro groups is 1. The van der Waals surface area contributed by atoms with Crippen LogP contribution in [-0.2, 0) is 4.74 Å². The molecule has 0 aromatic heterocycles. The molecule has 0 fully saturated rings. The summed E-state index contributed by atoms with van der Waals surface area (Å²) in [5, 5.41) is 11.8. The first kappa shape index (κ1) is 22.5. The van der Waals surface area contributed by atoms with Crippen LogP contribution in [0.25, 0.3) is 0 Å². The number of esters is 1. The van der Waals surface area contributed by atoms with Crippen LogP contribution in [0.4, 0.5) is 10.1 Å². The fourth-order valence-electron chi connectivity index (χ4n) is 3.66. The number of rotatable bonds is 6. The van der Waals surface area contributed by atoms with E-state index in [1.54, 1.807) is 6.07 Å². The third kappa shape index (κ3) is 3.71. The summed E-state index contributed by atoms with van der Waals surface area (Å²) in [6, 6.07) is 11.4. The molecule has 0 N–H and O–H groups in total. The zero-order valence-electron chi connectivity index (χ0n) is 17.5. The SMILES string of the molecule is COc1ccc(C(=O)COC(=O)c2ccc3c(c2[N+](=O)[O-])C(=O)c2ccccc2C3=O)cc1F. The van der Waals surface area contributed by atoms with E-state index in [9.17, 15) is 33.7 Å². The highest BCUT2D eigenvalue weighted by atomic mass is 19.1. The van der Waals surface area contributed by atoms with E-state index in [0.717, 1.165) is 18.2 Å². The number of methoxy groups -OCH3 is 1. The van der Waals surface area contributed by atoms with E-state index in [1.165, 1.54) is 37.4 Å². The second kappa shape index (κ2) is 8.66. The first-order chi connectivity index (χ1) is 16.2. The average molecular weight is 463 g/mol. The molecule has 170 valence electrons. The van der Waals surface area contributed by atoms with Crippen LogP contribution in [0, 0.1) is 15.9 Å². The number of nitrogens with zero attached hydrogens (tertiary/aromatic N) is 1. The Hall–Kier alpha value is -4.73. The van der Waals surface area contributed by atoms with Gasteiger partial charge in [0.1, 0.15) is 11.1 Å². The summed E-state index contributed by atoms with van der Waals surface area (Å²) in [4.78, 5) is 61.6. The zero-order valence-corrected chi connectivity index (χ0v) is 17.5. The van der Waals surface area contributed by atoms with Crippen LogP contribution in [0.2, 0.25) is 0 Å². The number of halogens is 1. The van der Waals surface area contributed by atoms with Crippen molar-refractivity contribution < 1.29 is 38.0 Å². The lowest BCUT2D eigenvalue weighted by molar-refractivity contribution is -0.385. The van der Waals surface area contributed by atoms with Crippen molar-refractivity contribution in [3.8, 4) is 5.75 Å². The van der Waals surface area contributed by atoms with Crippen molar-refractivity contribution >= 4 is 29.0 Å². The van der Waals surface area contributed by atoms with Crippen molar-refractivity contribution in [2.45, 2.75) is 0 Å². The number of ether oxygens (including phenoxy) is 2. The van der Waals surface area contributed by atoms with Crippen molar-refractivity contribution in [2.24, 2.45) is 0 Å². The first-order valence-electron chi connectivity index (χ1n) is 9.78. The van der Waals surface area contributed by atoms with Crippen LogP contribution in [0.3, 0.4) is 0 Å². The van der Waals surface area contributed by atoms with Gasteiger partial charge in [-0.3, -0.25) is 24.5 Å². The van der Waals surface area contributed by atoms with Gasteiger partial charge in [0.25, 0.3) is 5.69 Å². The van der Waals surface area contributed by atoms with Crippen molar-refractivity contribution in [3.63, 3.8) is 0 Å². The molecule has 0 bridgehead atoms. The maximum Gasteiger partial charge on any atom is 0.345 e. The van der Waals surface area contributed by atoms with Gasteiger partial charge in [-0.1, -0.05) is 24.3 Å². The lowest BCUT2D eigenvalue weighted by Crippen LogP contribution is -2.24. The molecule has 3 aromatic rings. The van der Waals surface area contributed by atoms with Crippen LogP contribution < -0.4 is 4.74 Å². The molecule has 4 rings (SSSR count). The molecular formula is C24H14FNO8. The Morgan fingerprint density at radius 2 is 1.65 bits per heavy atom. The van der Waals surface area contributed by atoms with Gasteiger partial charge in [0.15, 0.2) is 29.7 Å². The van der Waals surface area contributed by atoms with Gasteiger partial charge < -0.3 is 9.47 Å². The molecule has 9 nitrogen and oxygen atoms in total. The van der Waals surface area contributed by atoms with Gasteiger partial charge in [0, 0.05) is 22.3 Å². The van der Waals surface area contributed by atoms with Gasteiger partial charge in [0.05, 0.1) is 12.0 Å². The van der Waals surface area contributed by atoms with Crippen LogP contribution in [0.5, 0.6) is 5.75 Å². The van der Waals surface area contributed by atoms with E-state index in [1.807, 2.05) is 0 Å². The molecular weight excluding hydrogens is 449 g/mol. The number of fused-ring (bicyclic) bond motifs is 2. The van der Waals surface area contributed by atoms with Crippen molar-refractivity contribution in [3.05, 3.63) is 104 Å². The standard InChI is InChI=1S/C24H14FNO8/c1-33-19-9-6-12(10-17(19)25)18(27)11-34-24(30)16-8-7-15-20(21(16)26(31)32)23(29)14-5-3-2-4-13(14)22(15)28/h2-10H,11H2,1H3. The number of carbonyl (C=O) groups is 4. The molecule has 0 saturated carbocycles. The summed E-state index contributed by atoms with van der Waals surface area (Å²) in [6.45, 7) is -0.839. The van der Waals surface area contributed by atoms with Gasteiger partial charge in [-0.15, -0.1) is 0 Å². The summed E-state index contributed by atoms with van der Waals surface area (Å²) in [5.74, 6) is -4.28. The normalized spacial score (nSPS) is 11.9. The zero-order chi connectivity index (χ0) is 24.6. The predicted octanol–water partition coefficient (Wildman–Crippen LogP) is 3.56. The molecule has 0 saturated heterocycles. The van der Waals surface area contributed by atoms with E-state index in [2.05, 4.69) is 0 Å². The Morgan fingerprint density at radius 1 is 0.971 bits per heavy atom. The van der Waals surface area contributed by atoms with Gasteiger partial charge >= 0.3 is 5.97 Å². The highest BCUT2D eigenvalue weighted by Gasteiger charge is 2.39. The van der Waals surface area contributed by atoms with Crippen LogP contribution in [0.15, 0.2) is 54.6 Å². The molecule has 1 aliphatic rings. The molecule has 10 heteroatoms. The van der Waals surface area contributed by atoms with Crippen molar-refractivity contribution in [2.75, 3.05) is 13.7 Å². The molecule has 0 heterocycles.